The number of aliphatic imine (C=N–C) groups is 1. The molecule has 0 spiro atoms. The molecule has 0 aliphatic carbocycles. The van der Waals surface area contributed by atoms with Crippen LogP contribution in [0.15, 0.2) is 65.7 Å². The fourth-order valence-electron chi connectivity index (χ4n) is 4.23. The predicted octanol–water partition coefficient (Wildman–Crippen LogP) is 3.79. The Morgan fingerprint density at radius 3 is 2.35 bits per heavy atom. The van der Waals surface area contributed by atoms with Crippen molar-refractivity contribution in [3.63, 3.8) is 0 Å². The van der Waals surface area contributed by atoms with Crippen LogP contribution in [0.4, 0.5) is 8.78 Å². The molecule has 11 heteroatoms. The largest absolute Gasteiger partial charge is 0.494 e. The Bertz CT molecular complexity index is 1490. The molecule has 0 radical (unpaired) electrons. The third-order valence-electron chi connectivity index (χ3n) is 6.03. The number of amides is 1. The van der Waals surface area contributed by atoms with E-state index in [9.17, 15) is 17.6 Å². The van der Waals surface area contributed by atoms with Gasteiger partial charge in [-0.1, -0.05) is 37.3 Å². The fourth-order valence-corrected chi connectivity index (χ4v) is 5.22. The van der Waals surface area contributed by atoms with Crippen molar-refractivity contribution in [2.24, 2.45) is 10.7 Å². The van der Waals surface area contributed by atoms with E-state index in [1.165, 1.54) is 61.5 Å². The lowest BCUT2D eigenvalue weighted by atomic mass is 9.81. The van der Waals surface area contributed by atoms with E-state index >= 15 is 4.39 Å². The monoisotopic (exact) mass is 529 g/mol. The highest BCUT2D eigenvalue weighted by molar-refractivity contribution is 7.87. The van der Waals surface area contributed by atoms with Crippen molar-refractivity contribution in [2.75, 3.05) is 19.9 Å². The van der Waals surface area contributed by atoms with E-state index in [1.807, 2.05) is 0 Å². The Morgan fingerprint density at radius 1 is 1.05 bits per heavy atom. The summed E-state index contributed by atoms with van der Waals surface area (Å²) in [6.07, 6.45) is 0.392. The Labute approximate surface area is 213 Å². The molecule has 1 amide bonds. The molecule has 3 aromatic carbocycles. The van der Waals surface area contributed by atoms with Crippen molar-refractivity contribution in [1.82, 2.24) is 4.90 Å². The van der Waals surface area contributed by atoms with Crippen LogP contribution in [0, 0.1) is 11.6 Å². The smallest absolute Gasteiger partial charge is 0.309 e. The van der Waals surface area contributed by atoms with E-state index in [-0.39, 0.29) is 34.3 Å². The lowest BCUT2D eigenvalue weighted by molar-refractivity contribution is -0.129. The average Bonchev–Trinajstić information content (AvgIpc) is 3.09. The molecule has 1 aliphatic heterocycles. The summed E-state index contributed by atoms with van der Waals surface area (Å²) in [5.41, 5.74) is 4.83. The maximum Gasteiger partial charge on any atom is 0.309 e. The SMILES string of the molecule is CCCS(=O)(=O)Oc1ccc(C2(c3cccc(-c4c(F)ccc(OC)c4F)c3)N=C(N)N(C)C2=O)cc1. The predicted molar refractivity (Wildman–Crippen MR) is 135 cm³/mol. The molecule has 1 atom stereocenters. The third-order valence-corrected chi connectivity index (χ3v) is 7.39. The van der Waals surface area contributed by atoms with E-state index in [0.717, 1.165) is 6.07 Å². The minimum Gasteiger partial charge on any atom is -0.494 e. The van der Waals surface area contributed by atoms with Crippen molar-refractivity contribution < 1.29 is 30.9 Å². The van der Waals surface area contributed by atoms with Crippen molar-refractivity contribution in [3.8, 4) is 22.6 Å². The van der Waals surface area contributed by atoms with Gasteiger partial charge in [0.05, 0.1) is 18.4 Å². The number of guanidine groups is 1. The average molecular weight is 530 g/mol. The van der Waals surface area contributed by atoms with Crippen LogP contribution < -0.4 is 14.7 Å². The van der Waals surface area contributed by atoms with Gasteiger partial charge >= 0.3 is 10.1 Å². The first-order valence-electron chi connectivity index (χ1n) is 11.3. The normalized spacial score (nSPS) is 17.6. The summed E-state index contributed by atoms with van der Waals surface area (Å²) in [6, 6.07) is 14.2. The lowest BCUT2D eigenvalue weighted by Crippen LogP contribution is -2.41. The summed E-state index contributed by atoms with van der Waals surface area (Å²) in [5, 5.41) is 0. The zero-order valence-electron chi connectivity index (χ0n) is 20.4. The molecule has 1 aliphatic rings. The molecule has 8 nitrogen and oxygen atoms in total. The number of methoxy groups -OCH3 is 1. The van der Waals surface area contributed by atoms with E-state index < -0.39 is 33.2 Å². The second-order valence-corrected chi connectivity index (χ2v) is 10.1. The van der Waals surface area contributed by atoms with Crippen molar-refractivity contribution in [2.45, 2.75) is 18.9 Å². The second-order valence-electron chi connectivity index (χ2n) is 8.43. The zero-order chi connectivity index (χ0) is 27.0. The van der Waals surface area contributed by atoms with Crippen molar-refractivity contribution >= 4 is 22.0 Å². The lowest BCUT2D eigenvalue weighted by Gasteiger charge is -2.27. The van der Waals surface area contributed by atoms with Crippen LogP contribution in [0.1, 0.15) is 24.5 Å². The summed E-state index contributed by atoms with van der Waals surface area (Å²) < 4.78 is 64.0. The molecule has 0 saturated carbocycles. The molecular formula is C26H25F2N3O5S. The number of ether oxygens (including phenoxy) is 1. The maximum atomic E-state index is 15.0. The minimum atomic E-state index is -3.77. The molecule has 194 valence electrons. The fraction of sp³-hybridized carbons (Fsp3) is 0.231. The number of carbonyl (C=O) groups is 1. The Hall–Kier alpha value is -3.99. The molecule has 1 heterocycles. The van der Waals surface area contributed by atoms with Gasteiger partial charge < -0.3 is 14.7 Å². The summed E-state index contributed by atoms with van der Waals surface area (Å²) in [7, 11) is -1.03. The van der Waals surface area contributed by atoms with Crippen LogP contribution in [0.25, 0.3) is 11.1 Å². The van der Waals surface area contributed by atoms with Gasteiger partial charge in [-0.15, -0.1) is 0 Å². The highest BCUT2D eigenvalue weighted by Gasteiger charge is 2.49. The van der Waals surface area contributed by atoms with Gasteiger partial charge in [-0.3, -0.25) is 9.69 Å². The number of likely N-dealkylation sites (N-methyl/N-ethyl adjacent to an activating group) is 1. The van der Waals surface area contributed by atoms with Gasteiger partial charge in [-0.2, -0.15) is 8.42 Å². The first kappa shape index (κ1) is 26.1. The molecule has 1 unspecified atom stereocenters. The van der Waals surface area contributed by atoms with Crippen LogP contribution in [-0.2, 0) is 20.5 Å². The van der Waals surface area contributed by atoms with E-state index in [4.69, 9.17) is 14.7 Å². The maximum absolute atomic E-state index is 15.0. The quantitative estimate of drug-likeness (QED) is 0.445. The van der Waals surface area contributed by atoms with Gasteiger partial charge in [0.15, 0.2) is 23.1 Å². The first-order chi connectivity index (χ1) is 17.5. The summed E-state index contributed by atoms with van der Waals surface area (Å²) >= 11 is 0. The number of nitrogens with zero attached hydrogens (tertiary/aromatic N) is 2. The molecule has 0 fully saturated rings. The zero-order valence-corrected chi connectivity index (χ0v) is 21.2. The van der Waals surface area contributed by atoms with Crippen molar-refractivity contribution in [1.29, 1.82) is 0 Å². The summed E-state index contributed by atoms with van der Waals surface area (Å²) in [6.45, 7) is 1.72. The molecule has 2 N–H and O–H groups in total. The van der Waals surface area contributed by atoms with Crippen molar-refractivity contribution in [3.05, 3.63) is 83.4 Å². The van der Waals surface area contributed by atoms with E-state index in [2.05, 4.69) is 4.99 Å². The Morgan fingerprint density at radius 2 is 1.76 bits per heavy atom. The third kappa shape index (κ3) is 4.62. The first-order valence-corrected chi connectivity index (χ1v) is 12.9. The highest BCUT2D eigenvalue weighted by Crippen LogP contribution is 2.42. The summed E-state index contributed by atoms with van der Waals surface area (Å²) in [4.78, 5) is 19.2. The molecule has 0 bridgehead atoms. The van der Waals surface area contributed by atoms with Gasteiger partial charge in [0.1, 0.15) is 11.6 Å². The van der Waals surface area contributed by atoms with Crippen LogP contribution in [0.3, 0.4) is 0 Å². The van der Waals surface area contributed by atoms with E-state index in [1.54, 1.807) is 19.1 Å². The number of benzene rings is 3. The second kappa shape index (κ2) is 9.81. The van der Waals surface area contributed by atoms with Gasteiger partial charge in [0.2, 0.25) is 0 Å². The van der Waals surface area contributed by atoms with Gasteiger partial charge in [-0.05, 0) is 53.4 Å². The standard InChI is InChI=1S/C26H25F2N3O5S/c1-4-14-37(33,34)36-19-10-8-17(9-11-19)26(24(32)31(2)25(29)30-26)18-7-5-6-16(15-18)22-20(27)12-13-21(35-3)23(22)28/h5-13,15H,4,14H2,1-3H3,(H2,29,30). The Balaban J connectivity index is 1.86. The number of nitrogens with two attached hydrogens (primary N) is 1. The molecule has 0 saturated heterocycles. The van der Waals surface area contributed by atoms with E-state index in [0.29, 0.717) is 17.5 Å². The molecule has 3 aromatic rings. The molecule has 37 heavy (non-hydrogen) atoms. The topological polar surface area (TPSA) is 111 Å². The Kier molecular flexibility index (Phi) is 6.92. The molecular weight excluding hydrogens is 504 g/mol. The van der Waals surface area contributed by atoms with Gasteiger partial charge in [-0.25, -0.2) is 13.8 Å². The molecule has 4 rings (SSSR count). The highest BCUT2D eigenvalue weighted by atomic mass is 32.2. The summed E-state index contributed by atoms with van der Waals surface area (Å²) in [5.74, 6) is -2.46. The van der Waals surface area contributed by atoms with Crippen LogP contribution in [-0.4, -0.2) is 45.1 Å². The number of halogens is 2. The minimum absolute atomic E-state index is 0.0556. The molecule has 0 aromatic heterocycles. The van der Waals surface area contributed by atoms with Crippen LogP contribution in [0.2, 0.25) is 0 Å². The number of carbonyl (C=O) groups excluding carboxylic acids is 1. The van der Waals surface area contributed by atoms with Crippen LogP contribution in [0.5, 0.6) is 11.5 Å². The van der Waals surface area contributed by atoms with Gasteiger partial charge in [0, 0.05) is 7.05 Å². The van der Waals surface area contributed by atoms with Gasteiger partial charge in [0.25, 0.3) is 5.91 Å². The number of hydrogen-bond acceptors (Lipinski definition) is 7. The number of rotatable bonds is 8. The van der Waals surface area contributed by atoms with Crippen LogP contribution >= 0.6 is 0 Å². The number of hydrogen-bond donors (Lipinski definition) is 1.